The molecule has 0 unspecified atom stereocenters. The number of urea groups is 1. The molecule has 1 saturated heterocycles. The van der Waals surface area contributed by atoms with Crippen molar-refractivity contribution >= 4 is 23.5 Å². The number of imide groups is 1. The van der Waals surface area contributed by atoms with Gasteiger partial charge in [-0.25, -0.2) is 4.79 Å². The molecular weight excluding hydrogens is 346 g/mol. The third-order valence-corrected chi connectivity index (χ3v) is 4.81. The number of carbonyl (C=O) groups excluding carboxylic acids is 3. The summed E-state index contributed by atoms with van der Waals surface area (Å²) in [5.41, 5.74) is 2.39. The number of hydrogen-bond donors (Lipinski definition) is 2. The zero-order valence-corrected chi connectivity index (χ0v) is 14.9. The van der Waals surface area contributed by atoms with Gasteiger partial charge in [0.1, 0.15) is 6.54 Å². The van der Waals surface area contributed by atoms with Crippen LogP contribution < -0.4 is 15.5 Å². The Kier molecular flexibility index (Phi) is 4.62. The molecule has 2 aromatic rings. The molecule has 2 aliphatic rings. The molecule has 0 radical (unpaired) electrons. The van der Waals surface area contributed by atoms with Crippen molar-refractivity contribution in [3.63, 3.8) is 0 Å². The third kappa shape index (κ3) is 3.84. The van der Waals surface area contributed by atoms with Gasteiger partial charge in [-0.05, 0) is 49.6 Å². The molecule has 0 bridgehead atoms. The summed E-state index contributed by atoms with van der Waals surface area (Å²) >= 11 is 0. The Balaban J connectivity index is 1.26. The zero-order chi connectivity index (χ0) is 18.8. The summed E-state index contributed by atoms with van der Waals surface area (Å²) in [6, 6.07) is 8.27. The molecule has 4 amide bonds. The van der Waals surface area contributed by atoms with Crippen molar-refractivity contribution in [2.24, 2.45) is 0 Å². The molecular formula is C19H21N5O3. The average molecular weight is 367 g/mol. The quantitative estimate of drug-likeness (QED) is 0.574. The molecule has 4 rings (SSSR count). The molecule has 1 aliphatic heterocycles. The molecule has 0 spiro atoms. The largest absolute Gasteiger partial charge is 0.352 e. The predicted molar refractivity (Wildman–Crippen MR) is 98.5 cm³/mol. The van der Waals surface area contributed by atoms with E-state index in [2.05, 4.69) is 21.8 Å². The molecule has 1 saturated carbocycles. The minimum atomic E-state index is -0.443. The highest BCUT2D eigenvalue weighted by molar-refractivity contribution is 6.12. The van der Waals surface area contributed by atoms with Crippen molar-refractivity contribution in [3.05, 3.63) is 47.8 Å². The molecule has 1 aromatic heterocycles. The van der Waals surface area contributed by atoms with Gasteiger partial charge in [-0.3, -0.25) is 24.5 Å². The standard InChI is InChI=1S/C19H21N5O3/c25-17-12-23(19(27)22-17)15-6-4-14(5-7-15)18(26)20-9-1-11-24-16(8-10-21-24)13-2-3-13/h4-8,10,13H,1-3,9,11-12H2,(H,20,26)(H,22,25,27). The first kappa shape index (κ1) is 17.3. The van der Waals surface area contributed by atoms with Crippen LogP contribution in [0.15, 0.2) is 36.5 Å². The number of aromatic nitrogens is 2. The van der Waals surface area contributed by atoms with Crippen LogP contribution in [-0.2, 0) is 11.3 Å². The number of benzene rings is 1. The molecule has 0 atom stereocenters. The summed E-state index contributed by atoms with van der Waals surface area (Å²) in [4.78, 5) is 36.5. The first-order chi connectivity index (χ1) is 13.1. The molecule has 140 valence electrons. The van der Waals surface area contributed by atoms with Crippen LogP contribution in [-0.4, -0.2) is 40.7 Å². The van der Waals surface area contributed by atoms with E-state index in [1.54, 1.807) is 24.3 Å². The summed E-state index contributed by atoms with van der Waals surface area (Å²) < 4.78 is 2.03. The Morgan fingerprint density at radius 2 is 1.96 bits per heavy atom. The highest BCUT2D eigenvalue weighted by Crippen LogP contribution is 2.39. The molecule has 8 nitrogen and oxygen atoms in total. The summed E-state index contributed by atoms with van der Waals surface area (Å²) in [6.07, 6.45) is 5.13. The van der Waals surface area contributed by atoms with Gasteiger partial charge in [0.25, 0.3) is 5.91 Å². The van der Waals surface area contributed by atoms with Gasteiger partial charge in [-0.1, -0.05) is 0 Å². The van der Waals surface area contributed by atoms with Crippen LogP contribution in [0.25, 0.3) is 0 Å². The van der Waals surface area contributed by atoms with E-state index in [0.717, 1.165) is 13.0 Å². The molecule has 8 heteroatoms. The van der Waals surface area contributed by atoms with Crippen molar-refractivity contribution in [1.29, 1.82) is 0 Å². The highest BCUT2D eigenvalue weighted by Gasteiger charge is 2.28. The number of nitrogens with zero attached hydrogens (tertiary/aromatic N) is 3. The van der Waals surface area contributed by atoms with Gasteiger partial charge in [-0.15, -0.1) is 0 Å². The Bertz CT molecular complexity index is 870. The van der Waals surface area contributed by atoms with Crippen LogP contribution in [0.3, 0.4) is 0 Å². The SMILES string of the molecule is O=C1CN(c2ccc(C(=O)NCCCn3nccc3C3CC3)cc2)C(=O)N1. The predicted octanol–water partition coefficient (Wildman–Crippen LogP) is 1.64. The Morgan fingerprint density at radius 3 is 2.63 bits per heavy atom. The lowest BCUT2D eigenvalue weighted by atomic mass is 10.2. The van der Waals surface area contributed by atoms with E-state index < -0.39 is 6.03 Å². The second kappa shape index (κ2) is 7.22. The van der Waals surface area contributed by atoms with Crippen LogP contribution in [0.1, 0.15) is 41.2 Å². The van der Waals surface area contributed by atoms with Crippen LogP contribution in [0.5, 0.6) is 0 Å². The van der Waals surface area contributed by atoms with Gasteiger partial charge in [0.05, 0.1) is 0 Å². The third-order valence-electron chi connectivity index (χ3n) is 4.81. The molecule has 1 aliphatic carbocycles. The van der Waals surface area contributed by atoms with E-state index in [4.69, 9.17) is 0 Å². The molecule has 2 N–H and O–H groups in total. The molecule has 2 heterocycles. The van der Waals surface area contributed by atoms with E-state index >= 15 is 0 Å². The zero-order valence-electron chi connectivity index (χ0n) is 14.9. The van der Waals surface area contributed by atoms with Gasteiger partial charge in [0.2, 0.25) is 5.91 Å². The fourth-order valence-corrected chi connectivity index (χ4v) is 3.23. The van der Waals surface area contributed by atoms with Gasteiger partial charge in [0, 0.05) is 42.1 Å². The van der Waals surface area contributed by atoms with Gasteiger partial charge < -0.3 is 5.32 Å². The van der Waals surface area contributed by atoms with Crippen LogP contribution in [0.2, 0.25) is 0 Å². The van der Waals surface area contributed by atoms with E-state index in [0.29, 0.717) is 23.7 Å². The fourth-order valence-electron chi connectivity index (χ4n) is 3.23. The number of rotatable bonds is 7. The van der Waals surface area contributed by atoms with E-state index in [1.165, 1.54) is 23.4 Å². The van der Waals surface area contributed by atoms with Gasteiger partial charge in [0.15, 0.2) is 0 Å². The summed E-state index contributed by atoms with van der Waals surface area (Å²) in [5, 5.41) is 9.48. The van der Waals surface area contributed by atoms with Crippen LogP contribution >= 0.6 is 0 Å². The number of nitrogens with one attached hydrogen (secondary N) is 2. The maximum atomic E-state index is 12.3. The van der Waals surface area contributed by atoms with E-state index in [-0.39, 0.29) is 18.4 Å². The number of aryl methyl sites for hydroxylation is 1. The lowest BCUT2D eigenvalue weighted by Gasteiger charge is -2.13. The minimum absolute atomic E-state index is 0.000645. The lowest BCUT2D eigenvalue weighted by molar-refractivity contribution is -0.117. The number of amides is 4. The Labute approximate surface area is 156 Å². The first-order valence-corrected chi connectivity index (χ1v) is 9.13. The van der Waals surface area contributed by atoms with Crippen LogP contribution in [0.4, 0.5) is 10.5 Å². The Hall–Kier alpha value is -3.16. The summed E-state index contributed by atoms with van der Waals surface area (Å²) in [5.74, 6) is 0.170. The monoisotopic (exact) mass is 367 g/mol. The topological polar surface area (TPSA) is 96.3 Å². The first-order valence-electron chi connectivity index (χ1n) is 9.13. The summed E-state index contributed by atoms with van der Waals surface area (Å²) in [7, 11) is 0. The number of hydrogen-bond acceptors (Lipinski definition) is 4. The van der Waals surface area contributed by atoms with E-state index in [9.17, 15) is 14.4 Å². The van der Waals surface area contributed by atoms with Crippen molar-refractivity contribution in [2.45, 2.75) is 31.7 Å². The summed E-state index contributed by atoms with van der Waals surface area (Å²) in [6.45, 7) is 1.35. The number of anilines is 1. The van der Waals surface area contributed by atoms with Crippen LogP contribution in [0, 0.1) is 0 Å². The lowest BCUT2D eigenvalue weighted by Crippen LogP contribution is -2.28. The average Bonchev–Trinajstić information content (AvgIpc) is 3.31. The second-order valence-electron chi connectivity index (χ2n) is 6.85. The molecule has 2 fully saturated rings. The number of carbonyl (C=O) groups is 3. The Morgan fingerprint density at radius 1 is 1.19 bits per heavy atom. The molecule has 27 heavy (non-hydrogen) atoms. The maximum Gasteiger partial charge on any atom is 0.329 e. The maximum absolute atomic E-state index is 12.3. The van der Waals surface area contributed by atoms with Crippen molar-refractivity contribution in [3.8, 4) is 0 Å². The van der Waals surface area contributed by atoms with Crippen molar-refractivity contribution in [1.82, 2.24) is 20.4 Å². The fraction of sp³-hybridized carbons (Fsp3) is 0.368. The van der Waals surface area contributed by atoms with Gasteiger partial charge in [-0.2, -0.15) is 5.10 Å². The van der Waals surface area contributed by atoms with E-state index in [1.807, 2.05) is 10.9 Å². The highest BCUT2D eigenvalue weighted by atomic mass is 16.2. The van der Waals surface area contributed by atoms with Gasteiger partial charge >= 0.3 is 6.03 Å². The van der Waals surface area contributed by atoms with Crippen molar-refractivity contribution in [2.75, 3.05) is 18.0 Å². The second-order valence-corrected chi connectivity index (χ2v) is 6.85. The van der Waals surface area contributed by atoms with Crippen molar-refractivity contribution < 1.29 is 14.4 Å². The normalized spacial score (nSPS) is 16.5. The smallest absolute Gasteiger partial charge is 0.329 e. The minimum Gasteiger partial charge on any atom is -0.352 e. The molecule has 1 aromatic carbocycles.